The fourth-order valence-electron chi connectivity index (χ4n) is 2.69. The van der Waals surface area contributed by atoms with Crippen molar-refractivity contribution in [3.8, 4) is 0 Å². The lowest BCUT2D eigenvalue weighted by Gasteiger charge is -2.34. The summed E-state index contributed by atoms with van der Waals surface area (Å²) < 4.78 is 0.146. The monoisotopic (exact) mass is 270 g/mol. The molecule has 0 aromatic carbocycles. The Labute approximate surface area is 113 Å². The van der Waals surface area contributed by atoms with Crippen molar-refractivity contribution >= 4 is 29.3 Å². The molecule has 1 spiro atoms. The predicted octanol–water partition coefficient (Wildman–Crippen LogP) is 4.42. The first kappa shape index (κ1) is 13.5. The second-order valence-electron chi connectivity index (χ2n) is 4.96. The molecule has 1 nitrogen and oxygen atoms in total. The van der Waals surface area contributed by atoms with Gasteiger partial charge in [-0.15, -0.1) is 23.5 Å². The van der Waals surface area contributed by atoms with Crippen molar-refractivity contribution in [2.45, 2.75) is 56.5 Å². The molecule has 0 N–H and O–H groups in total. The van der Waals surface area contributed by atoms with Gasteiger partial charge < -0.3 is 0 Å². The van der Waals surface area contributed by atoms with Gasteiger partial charge in [0.15, 0.2) is 5.78 Å². The maximum absolute atomic E-state index is 12.0. The number of carbonyl (C=O) groups is 1. The van der Waals surface area contributed by atoms with Crippen molar-refractivity contribution in [3.05, 3.63) is 11.1 Å². The van der Waals surface area contributed by atoms with E-state index in [2.05, 4.69) is 6.92 Å². The normalized spacial score (nSPS) is 23.8. The van der Waals surface area contributed by atoms with E-state index in [-0.39, 0.29) is 4.08 Å². The van der Waals surface area contributed by atoms with Gasteiger partial charge in [0, 0.05) is 6.42 Å². The topological polar surface area (TPSA) is 17.1 Å². The summed E-state index contributed by atoms with van der Waals surface area (Å²) in [6, 6.07) is 0. The molecule has 0 atom stereocenters. The third-order valence-corrected chi connectivity index (χ3v) is 7.12. The van der Waals surface area contributed by atoms with E-state index >= 15 is 0 Å². The molecule has 96 valence electrons. The van der Waals surface area contributed by atoms with Crippen LogP contribution in [0.5, 0.6) is 0 Å². The Morgan fingerprint density at radius 1 is 1.24 bits per heavy atom. The Morgan fingerprint density at radius 2 is 1.94 bits per heavy atom. The zero-order valence-corrected chi connectivity index (χ0v) is 12.5. The Morgan fingerprint density at radius 3 is 2.59 bits per heavy atom. The van der Waals surface area contributed by atoms with E-state index in [1.54, 1.807) is 0 Å². The summed E-state index contributed by atoms with van der Waals surface area (Å²) in [4.78, 5) is 12.0. The number of unbranched alkanes of at least 4 members (excludes halogenated alkanes) is 2. The van der Waals surface area contributed by atoms with Gasteiger partial charge in [0.05, 0.1) is 4.08 Å². The first-order valence-electron chi connectivity index (χ1n) is 6.71. The van der Waals surface area contributed by atoms with Gasteiger partial charge in [-0.25, -0.2) is 0 Å². The number of rotatable bonds is 4. The highest BCUT2D eigenvalue weighted by atomic mass is 32.2. The van der Waals surface area contributed by atoms with Gasteiger partial charge in [-0.05, 0) is 48.8 Å². The van der Waals surface area contributed by atoms with Crippen LogP contribution in [0.1, 0.15) is 52.4 Å². The van der Waals surface area contributed by atoms with Crippen LogP contribution in [0, 0.1) is 0 Å². The van der Waals surface area contributed by atoms with Gasteiger partial charge in [0.1, 0.15) is 0 Å². The highest BCUT2D eigenvalue weighted by molar-refractivity contribution is 8.19. The molecule has 2 rings (SSSR count). The lowest BCUT2D eigenvalue weighted by atomic mass is 10.0. The van der Waals surface area contributed by atoms with E-state index in [4.69, 9.17) is 0 Å². The SMILES string of the molecule is CCCCCC1=C(C)C(=O)CC12SCCCS2. The third-order valence-electron chi connectivity index (χ3n) is 3.71. The molecule has 17 heavy (non-hydrogen) atoms. The van der Waals surface area contributed by atoms with E-state index in [1.807, 2.05) is 30.4 Å². The molecule has 1 saturated heterocycles. The van der Waals surface area contributed by atoms with Crippen molar-refractivity contribution in [2.75, 3.05) is 11.5 Å². The van der Waals surface area contributed by atoms with Gasteiger partial charge in [-0.2, -0.15) is 0 Å². The Hall–Kier alpha value is 0.110. The molecule has 0 radical (unpaired) electrons. The lowest BCUT2D eigenvalue weighted by molar-refractivity contribution is -0.114. The smallest absolute Gasteiger partial charge is 0.161 e. The van der Waals surface area contributed by atoms with E-state index in [0.717, 1.165) is 18.4 Å². The predicted molar refractivity (Wildman–Crippen MR) is 78.7 cm³/mol. The zero-order valence-electron chi connectivity index (χ0n) is 10.9. The van der Waals surface area contributed by atoms with Gasteiger partial charge >= 0.3 is 0 Å². The quantitative estimate of drug-likeness (QED) is 0.704. The zero-order chi connectivity index (χ0) is 12.3. The summed E-state index contributed by atoms with van der Waals surface area (Å²) in [6.45, 7) is 4.29. The second-order valence-corrected chi connectivity index (χ2v) is 8.01. The van der Waals surface area contributed by atoms with Crippen LogP contribution in [-0.4, -0.2) is 21.4 Å². The van der Waals surface area contributed by atoms with Crippen molar-refractivity contribution in [2.24, 2.45) is 0 Å². The van der Waals surface area contributed by atoms with Gasteiger partial charge in [-0.3, -0.25) is 4.79 Å². The molecular formula is C14H22OS2. The average Bonchev–Trinajstić information content (AvgIpc) is 2.55. The maximum atomic E-state index is 12.0. The first-order chi connectivity index (χ1) is 8.19. The van der Waals surface area contributed by atoms with Gasteiger partial charge in [0.2, 0.25) is 0 Å². The van der Waals surface area contributed by atoms with E-state index in [0.29, 0.717) is 5.78 Å². The molecule has 3 heteroatoms. The number of thioether (sulfide) groups is 2. The summed E-state index contributed by atoms with van der Waals surface area (Å²) in [6.07, 6.45) is 7.00. The summed E-state index contributed by atoms with van der Waals surface area (Å²) in [7, 11) is 0. The van der Waals surface area contributed by atoms with Crippen molar-refractivity contribution in [1.29, 1.82) is 0 Å². The van der Waals surface area contributed by atoms with Crippen molar-refractivity contribution < 1.29 is 4.79 Å². The molecule has 0 aromatic rings. The van der Waals surface area contributed by atoms with Crippen LogP contribution in [0.3, 0.4) is 0 Å². The number of hydrogen-bond donors (Lipinski definition) is 0. The number of ketones is 1. The van der Waals surface area contributed by atoms with Crippen LogP contribution in [0.2, 0.25) is 0 Å². The molecule has 1 aliphatic carbocycles. The summed E-state index contributed by atoms with van der Waals surface area (Å²) in [5, 5.41) is 0. The van der Waals surface area contributed by atoms with Gasteiger partial charge in [0.25, 0.3) is 0 Å². The maximum Gasteiger partial charge on any atom is 0.161 e. The standard InChI is InChI=1S/C14H22OS2/c1-3-4-5-7-12-11(2)13(15)10-14(12)16-8-6-9-17-14/h3-10H2,1-2H3. The highest BCUT2D eigenvalue weighted by Gasteiger charge is 2.45. The minimum atomic E-state index is 0.146. The van der Waals surface area contributed by atoms with Crippen LogP contribution in [0.4, 0.5) is 0 Å². The molecular weight excluding hydrogens is 248 g/mol. The molecule has 0 unspecified atom stereocenters. The van der Waals surface area contributed by atoms with E-state index in [9.17, 15) is 4.79 Å². The Balaban J connectivity index is 2.13. The summed E-state index contributed by atoms with van der Waals surface area (Å²) in [5.41, 5.74) is 2.56. The average molecular weight is 270 g/mol. The number of allylic oxidation sites excluding steroid dienone is 1. The first-order valence-corrected chi connectivity index (χ1v) is 8.68. The molecule has 2 aliphatic rings. The van der Waals surface area contributed by atoms with Crippen LogP contribution >= 0.6 is 23.5 Å². The molecule has 1 aliphatic heterocycles. The van der Waals surface area contributed by atoms with Crippen molar-refractivity contribution in [1.82, 2.24) is 0 Å². The molecule has 1 fully saturated rings. The number of carbonyl (C=O) groups excluding carboxylic acids is 1. The fourth-order valence-corrected chi connectivity index (χ4v) is 6.26. The van der Waals surface area contributed by atoms with Crippen molar-refractivity contribution in [3.63, 3.8) is 0 Å². The minimum absolute atomic E-state index is 0.146. The molecule has 0 amide bonds. The highest BCUT2D eigenvalue weighted by Crippen LogP contribution is 2.55. The van der Waals surface area contributed by atoms with Crippen LogP contribution in [0.15, 0.2) is 11.1 Å². The summed E-state index contributed by atoms with van der Waals surface area (Å²) in [5.74, 6) is 2.86. The van der Waals surface area contributed by atoms with Crippen LogP contribution in [-0.2, 0) is 4.79 Å². The molecule has 0 saturated carbocycles. The molecule has 0 bridgehead atoms. The number of Topliss-reactive ketones (excluding diaryl/α,β-unsaturated/α-hetero) is 1. The number of hydrogen-bond acceptors (Lipinski definition) is 3. The van der Waals surface area contributed by atoms with Crippen LogP contribution in [0.25, 0.3) is 0 Å². The molecule has 0 aromatic heterocycles. The molecule has 1 heterocycles. The summed E-state index contributed by atoms with van der Waals surface area (Å²) >= 11 is 4.06. The fraction of sp³-hybridized carbons (Fsp3) is 0.786. The minimum Gasteiger partial charge on any atom is -0.294 e. The lowest BCUT2D eigenvalue weighted by Crippen LogP contribution is -2.25. The van der Waals surface area contributed by atoms with E-state index in [1.165, 1.54) is 42.8 Å². The van der Waals surface area contributed by atoms with E-state index < -0.39 is 0 Å². The second kappa shape index (κ2) is 5.83. The van der Waals surface area contributed by atoms with Crippen LogP contribution < -0.4 is 0 Å². The third kappa shape index (κ3) is 2.76. The Bertz CT molecular complexity index is 327. The Kier molecular flexibility index (Phi) is 4.65. The van der Waals surface area contributed by atoms with Gasteiger partial charge in [-0.1, -0.05) is 19.8 Å². The largest absolute Gasteiger partial charge is 0.294 e.